The van der Waals surface area contributed by atoms with Crippen molar-refractivity contribution < 1.29 is 4.79 Å². The largest absolute Gasteiger partial charge is 0.326 e. The van der Waals surface area contributed by atoms with Crippen molar-refractivity contribution >= 4 is 23.2 Å². The van der Waals surface area contributed by atoms with Gasteiger partial charge in [-0.1, -0.05) is 49.7 Å². The van der Waals surface area contributed by atoms with Gasteiger partial charge in [0.2, 0.25) is 5.91 Å². The molecule has 0 aliphatic heterocycles. The molecule has 0 fully saturated rings. The third kappa shape index (κ3) is 4.58. The molecule has 4 nitrogen and oxygen atoms in total. The van der Waals surface area contributed by atoms with Crippen LogP contribution in [-0.4, -0.2) is 15.7 Å². The van der Waals surface area contributed by atoms with Crippen LogP contribution in [0.25, 0.3) is 5.69 Å². The first-order valence-electron chi connectivity index (χ1n) is 9.31. The zero-order valence-corrected chi connectivity index (χ0v) is 16.5. The summed E-state index contributed by atoms with van der Waals surface area (Å²) in [5.74, 6) is -0.00544. The molecule has 140 valence electrons. The minimum Gasteiger partial charge on any atom is -0.326 e. The van der Waals surface area contributed by atoms with E-state index in [1.807, 2.05) is 66.5 Å². The number of rotatable bonds is 7. The van der Waals surface area contributed by atoms with Crippen molar-refractivity contribution in [2.45, 2.75) is 39.5 Å². The van der Waals surface area contributed by atoms with E-state index in [4.69, 9.17) is 11.6 Å². The molecule has 0 bridgehead atoms. The quantitative estimate of drug-likeness (QED) is 0.609. The SMILES string of the molecule is CCc1ccc(Cl)c(CC)c1NC(=O)CCc1cnn(-c2ccccc2)c1. The summed E-state index contributed by atoms with van der Waals surface area (Å²) < 4.78 is 1.83. The van der Waals surface area contributed by atoms with Crippen molar-refractivity contribution in [2.24, 2.45) is 0 Å². The van der Waals surface area contributed by atoms with Crippen molar-refractivity contribution in [3.63, 3.8) is 0 Å². The molecule has 5 heteroatoms. The van der Waals surface area contributed by atoms with Gasteiger partial charge in [-0.25, -0.2) is 4.68 Å². The number of halogens is 1. The molecule has 1 amide bonds. The Hall–Kier alpha value is -2.59. The van der Waals surface area contributed by atoms with Crippen LogP contribution in [0.2, 0.25) is 5.02 Å². The molecule has 0 saturated heterocycles. The third-order valence-electron chi connectivity index (χ3n) is 4.64. The standard InChI is InChI=1S/C22H24ClN3O/c1-3-17-11-12-20(23)19(4-2)22(17)25-21(27)13-10-16-14-24-26(15-16)18-8-6-5-7-9-18/h5-9,11-12,14-15H,3-4,10,13H2,1-2H3,(H,25,27). The van der Waals surface area contributed by atoms with E-state index >= 15 is 0 Å². The maximum atomic E-state index is 12.5. The third-order valence-corrected chi connectivity index (χ3v) is 4.99. The maximum absolute atomic E-state index is 12.5. The fourth-order valence-electron chi connectivity index (χ4n) is 3.14. The molecule has 1 heterocycles. The Morgan fingerprint density at radius 2 is 1.89 bits per heavy atom. The molecule has 0 radical (unpaired) electrons. The highest BCUT2D eigenvalue weighted by Gasteiger charge is 2.13. The van der Waals surface area contributed by atoms with Gasteiger partial charge in [0.05, 0.1) is 11.9 Å². The molecule has 0 saturated carbocycles. The van der Waals surface area contributed by atoms with Gasteiger partial charge in [0.25, 0.3) is 0 Å². The summed E-state index contributed by atoms with van der Waals surface area (Å²) in [5.41, 5.74) is 5.03. The van der Waals surface area contributed by atoms with E-state index in [1.54, 1.807) is 0 Å². The van der Waals surface area contributed by atoms with Crippen LogP contribution in [0.15, 0.2) is 54.9 Å². The normalized spacial score (nSPS) is 10.8. The molecule has 2 aromatic carbocycles. The van der Waals surface area contributed by atoms with Crippen LogP contribution in [0.3, 0.4) is 0 Å². The Morgan fingerprint density at radius 1 is 1.11 bits per heavy atom. The summed E-state index contributed by atoms with van der Waals surface area (Å²) in [6.07, 6.45) is 6.46. The first-order valence-corrected chi connectivity index (χ1v) is 9.69. The fourth-order valence-corrected chi connectivity index (χ4v) is 3.43. The van der Waals surface area contributed by atoms with Crippen LogP contribution in [0.1, 0.15) is 37.0 Å². The monoisotopic (exact) mass is 381 g/mol. The number of amides is 1. The first kappa shape index (κ1) is 19.2. The second kappa shape index (κ2) is 8.87. The topological polar surface area (TPSA) is 46.9 Å². The van der Waals surface area contributed by atoms with Crippen molar-refractivity contribution in [3.8, 4) is 5.69 Å². The highest BCUT2D eigenvalue weighted by atomic mass is 35.5. The van der Waals surface area contributed by atoms with Gasteiger partial charge in [-0.05, 0) is 54.2 Å². The van der Waals surface area contributed by atoms with Gasteiger partial charge in [0, 0.05) is 23.3 Å². The molecule has 27 heavy (non-hydrogen) atoms. The zero-order chi connectivity index (χ0) is 19.2. The highest BCUT2D eigenvalue weighted by Crippen LogP contribution is 2.29. The van der Waals surface area contributed by atoms with Gasteiger partial charge in [-0.2, -0.15) is 5.10 Å². The van der Waals surface area contributed by atoms with Crippen LogP contribution in [0.5, 0.6) is 0 Å². The van der Waals surface area contributed by atoms with Crippen LogP contribution in [-0.2, 0) is 24.1 Å². The lowest BCUT2D eigenvalue weighted by Crippen LogP contribution is -2.15. The van der Waals surface area contributed by atoms with Crippen LogP contribution in [0, 0.1) is 0 Å². The lowest BCUT2D eigenvalue weighted by atomic mass is 10.0. The molecule has 0 spiro atoms. The van der Waals surface area contributed by atoms with Gasteiger partial charge in [0.1, 0.15) is 0 Å². The van der Waals surface area contributed by atoms with E-state index in [-0.39, 0.29) is 5.91 Å². The van der Waals surface area contributed by atoms with E-state index in [9.17, 15) is 4.79 Å². The smallest absolute Gasteiger partial charge is 0.224 e. The molecule has 1 N–H and O–H groups in total. The van der Waals surface area contributed by atoms with Gasteiger partial charge in [0.15, 0.2) is 0 Å². The average Bonchev–Trinajstić information content (AvgIpc) is 3.17. The molecule has 1 aromatic heterocycles. The van der Waals surface area contributed by atoms with Gasteiger partial charge >= 0.3 is 0 Å². The Bertz CT molecular complexity index is 919. The number of hydrogen-bond acceptors (Lipinski definition) is 2. The summed E-state index contributed by atoms with van der Waals surface area (Å²) in [6.45, 7) is 4.13. The second-order valence-electron chi connectivity index (χ2n) is 6.44. The Kier molecular flexibility index (Phi) is 6.30. The lowest BCUT2D eigenvalue weighted by Gasteiger charge is -2.15. The molecule has 0 aliphatic rings. The minimum atomic E-state index is -0.00544. The van der Waals surface area contributed by atoms with E-state index in [0.29, 0.717) is 17.9 Å². The van der Waals surface area contributed by atoms with Gasteiger partial charge in [-0.3, -0.25) is 4.79 Å². The highest BCUT2D eigenvalue weighted by molar-refractivity contribution is 6.32. The van der Waals surface area contributed by atoms with Gasteiger partial charge in [-0.15, -0.1) is 0 Å². The van der Waals surface area contributed by atoms with Crippen LogP contribution < -0.4 is 5.32 Å². The molecule has 3 rings (SSSR count). The second-order valence-corrected chi connectivity index (χ2v) is 6.85. The van der Waals surface area contributed by atoms with Gasteiger partial charge < -0.3 is 5.32 Å². The number of aromatic nitrogens is 2. The molecule has 0 atom stereocenters. The number of benzene rings is 2. The molecule has 0 aliphatic carbocycles. The zero-order valence-electron chi connectivity index (χ0n) is 15.7. The van der Waals surface area contributed by atoms with Crippen LogP contribution in [0.4, 0.5) is 5.69 Å². The minimum absolute atomic E-state index is 0.00544. The molecular weight excluding hydrogens is 358 g/mol. The number of aryl methyl sites for hydroxylation is 2. The predicted octanol–water partition coefficient (Wildman–Crippen LogP) is 5.22. The van der Waals surface area contributed by atoms with E-state index in [1.165, 1.54) is 0 Å². The average molecular weight is 382 g/mol. The van der Waals surface area contributed by atoms with Crippen molar-refractivity contribution in [3.05, 3.63) is 76.6 Å². The molecular formula is C22H24ClN3O. The van der Waals surface area contributed by atoms with Crippen molar-refractivity contribution in [1.82, 2.24) is 9.78 Å². The summed E-state index contributed by atoms with van der Waals surface area (Å²) in [4.78, 5) is 12.5. The van der Waals surface area contributed by atoms with Crippen molar-refractivity contribution in [2.75, 3.05) is 5.32 Å². The number of carbonyl (C=O) groups is 1. The first-order chi connectivity index (χ1) is 13.1. The molecule has 0 unspecified atom stereocenters. The van der Waals surface area contributed by atoms with Crippen molar-refractivity contribution in [1.29, 1.82) is 0 Å². The Morgan fingerprint density at radius 3 is 2.59 bits per heavy atom. The number of hydrogen-bond donors (Lipinski definition) is 1. The lowest BCUT2D eigenvalue weighted by molar-refractivity contribution is -0.116. The predicted molar refractivity (Wildman–Crippen MR) is 111 cm³/mol. The summed E-state index contributed by atoms with van der Waals surface area (Å²) in [6, 6.07) is 13.8. The fraction of sp³-hybridized carbons (Fsp3) is 0.273. The number of para-hydroxylation sites is 1. The Labute approximate surface area is 165 Å². The van der Waals surface area contributed by atoms with Crippen LogP contribution >= 0.6 is 11.6 Å². The van der Waals surface area contributed by atoms with E-state index in [2.05, 4.69) is 17.3 Å². The number of nitrogens with zero attached hydrogens (tertiary/aromatic N) is 2. The summed E-state index contributed by atoms with van der Waals surface area (Å²) in [7, 11) is 0. The van der Waals surface area contributed by atoms with E-state index < -0.39 is 0 Å². The maximum Gasteiger partial charge on any atom is 0.224 e. The van der Waals surface area contributed by atoms with E-state index in [0.717, 1.165) is 40.9 Å². The molecule has 3 aromatic rings. The number of carbonyl (C=O) groups excluding carboxylic acids is 1. The number of anilines is 1. The Balaban J connectivity index is 1.66. The summed E-state index contributed by atoms with van der Waals surface area (Å²) >= 11 is 6.31. The number of nitrogens with one attached hydrogen (secondary N) is 1. The summed E-state index contributed by atoms with van der Waals surface area (Å²) in [5, 5.41) is 8.17.